The van der Waals surface area contributed by atoms with Crippen molar-refractivity contribution in [3.8, 4) is 28.6 Å². The summed E-state index contributed by atoms with van der Waals surface area (Å²) >= 11 is 6.33. The minimum absolute atomic E-state index is 0.0541. The van der Waals surface area contributed by atoms with E-state index in [1.54, 1.807) is 6.07 Å². The molecule has 1 aromatic heterocycles. The number of carboxylic acid groups (broad SMARTS) is 1. The number of hydrogen-bond donors (Lipinski definition) is 2. The summed E-state index contributed by atoms with van der Waals surface area (Å²) < 4.78 is 11.2. The van der Waals surface area contributed by atoms with E-state index in [9.17, 15) is 0 Å². The monoisotopic (exact) mass is 472 g/mol. The maximum atomic E-state index is 8.36. The summed E-state index contributed by atoms with van der Waals surface area (Å²) in [5.74, 6) is 1.61. The highest BCUT2D eigenvalue weighted by Crippen LogP contribution is 2.31. The zero-order valence-electron chi connectivity index (χ0n) is 19.0. The molecule has 2 heterocycles. The molecular weight excluding hydrogens is 444 g/mol. The number of ether oxygens (including phenoxy) is 1. The molecule has 0 spiro atoms. The van der Waals surface area contributed by atoms with E-state index in [4.69, 9.17) is 36.5 Å². The van der Waals surface area contributed by atoms with E-state index in [0.29, 0.717) is 22.5 Å². The summed E-state index contributed by atoms with van der Waals surface area (Å²) in [5, 5.41) is 11.5. The van der Waals surface area contributed by atoms with Gasteiger partial charge in [0, 0.05) is 36.3 Å². The number of nitrogens with two attached hydrogens (primary N) is 1. The summed E-state index contributed by atoms with van der Waals surface area (Å²) in [5.41, 5.74) is 9.05. The second-order valence-corrected chi connectivity index (χ2v) is 9.06. The van der Waals surface area contributed by atoms with Crippen LogP contribution in [0.25, 0.3) is 22.8 Å². The summed E-state index contributed by atoms with van der Waals surface area (Å²) in [7, 11) is 0. The molecule has 0 aliphatic carbocycles. The van der Waals surface area contributed by atoms with E-state index in [1.807, 2.05) is 38.1 Å². The van der Waals surface area contributed by atoms with Crippen molar-refractivity contribution in [2.75, 3.05) is 13.1 Å². The van der Waals surface area contributed by atoms with Gasteiger partial charge in [-0.25, -0.2) is 0 Å². The number of aromatic nitrogens is 2. The van der Waals surface area contributed by atoms with Gasteiger partial charge in [0.05, 0.1) is 11.1 Å². The van der Waals surface area contributed by atoms with Crippen LogP contribution in [-0.2, 0) is 11.3 Å². The van der Waals surface area contributed by atoms with Gasteiger partial charge in [-0.1, -0.05) is 28.9 Å². The van der Waals surface area contributed by atoms with Gasteiger partial charge in [-0.15, -0.1) is 0 Å². The van der Waals surface area contributed by atoms with Crippen molar-refractivity contribution in [2.45, 2.75) is 45.4 Å². The molecule has 0 bridgehead atoms. The zero-order valence-corrected chi connectivity index (χ0v) is 19.7. The first-order chi connectivity index (χ1) is 15.7. The molecule has 33 heavy (non-hydrogen) atoms. The molecule has 0 saturated carbocycles. The summed E-state index contributed by atoms with van der Waals surface area (Å²) in [6.07, 6.45) is 1.09. The smallest absolute Gasteiger partial charge is 0.290 e. The fourth-order valence-electron chi connectivity index (χ4n) is 3.68. The van der Waals surface area contributed by atoms with Gasteiger partial charge < -0.3 is 20.1 Å². The maximum Gasteiger partial charge on any atom is 0.290 e. The predicted molar refractivity (Wildman–Crippen MR) is 127 cm³/mol. The molecule has 1 atom stereocenters. The molecule has 0 radical (unpaired) electrons. The van der Waals surface area contributed by atoms with Crippen LogP contribution in [0.3, 0.4) is 0 Å². The molecule has 176 valence electrons. The lowest BCUT2D eigenvalue weighted by atomic mass is 10.0. The Morgan fingerprint density at radius 3 is 2.52 bits per heavy atom. The third-order valence-corrected chi connectivity index (χ3v) is 5.47. The van der Waals surface area contributed by atoms with E-state index >= 15 is 0 Å². The average molecular weight is 473 g/mol. The van der Waals surface area contributed by atoms with Crippen LogP contribution < -0.4 is 10.5 Å². The Hall–Kier alpha value is -2.94. The quantitative estimate of drug-likeness (QED) is 0.505. The van der Waals surface area contributed by atoms with Gasteiger partial charge >= 0.3 is 0 Å². The van der Waals surface area contributed by atoms with Gasteiger partial charge in [0.15, 0.2) is 0 Å². The number of hydrogen-bond acceptors (Lipinski definition) is 7. The summed E-state index contributed by atoms with van der Waals surface area (Å²) in [4.78, 5) is 15.3. The van der Waals surface area contributed by atoms with Crippen molar-refractivity contribution in [3.63, 3.8) is 0 Å². The van der Waals surface area contributed by atoms with Crippen molar-refractivity contribution in [2.24, 2.45) is 5.73 Å². The maximum absolute atomic E-state index is 8.36. The van der Waals surface area contributed by atoms with Crippen molar-refractivity contribution >= 4 is 18.1 Å². The highest BCUT2D eigenvalue weighted by molar-refractivity contribution is 6.32. The first-order valence-corrected chi connectivity index (χ1v) is 11.1. The fourth-order valence-corrected chi connectivity index (χ4v) is 3.90. The zero-order chi connectivity index (χ0) is 24.0. The standard InChI is InChI=1S/C23H27ClN4O2.CH2O2/c1-15(2)29-20-9-8-18(12-19(20)24)21-26-22(30-27-21)17-6-4-16(5-7-17)13-28-11-10-23(3,25)14-28;2-1-3/h4-9,12,15H,10-11,13-14,25H2,1-3H3;1H,(H,2,3). The Morgan fingerprint density at radius 2 is 1.94 bits per heavy atom. The Labute approximate surface area is 198 Å². The molecule has 3 N–H and O–H groups in total. The first-order valence-electron chi connectivity index (χ1n) is 10.7. The minimum Gasteiger partial charge on any atom is -0.489 e. The minimum atomic E-state index is -0.250. The molecule has 4 rings (SSSR count). The summed E-state index contributed by atoms with van der Waals surface area (Å²) in [6.45, 7) is 8.63. The number of rotatable bonds is 6. The van der Waals surface area contributed by atoms with Crippen LogP contribution >= 0.6 is 11.6 Å². The van der Waals surface area contributed by atoms with Crippen LogP contribution in [-0.4, -0.2) is 51.4 Å². The van der Waals surface area contributed by atoms with Crippen LogP contribution in [0, 0.1) is 0 Å². The van der Waals surface area contributed by atoms with Gasteiger partial charge in [-0.05, 0) is 63.1 Å². The van der Waals surface area contributed by atoms with Crippen LogP contribution in [0.2, 0.25) is 5.02 Å². The van der Waals surface area contributed by atoms with Crippen molar-refractivity contribution in [1.29, 1.82) is 0 Å². The van der Waals surface area contributed by atoms with Crippen LogP contribution in [0.5, 0.6) is 5.75 Å². The summed E-state index contributed by atoms with van der Waals surface area (Å²) in [6, 6.07) is 13.7. The van der Waals surface area contributed by atoms with Crippen LogP contribution in [0.1, 0.15) is 32.8 Å². The van der Waals surface area contributed by atoms with Gasteiger partial charge in [0.2, 0.25) is 5.82 Å². The lowest BCUT2D eigenvalue weighted by Crippen LogP contribution is -2.38. The van der Waals surface area contributed by atoms with Crippen molar-refractivity contribution < 1.29 is 19.2 Å². The van der Waals surface area contributed by atoms with E-state index in [0.717, 1.165) is 37.2 Å². The molecule has 1 fully saturated rings. The fraction of sp³-hybridized carbons (Fsp3) is 0.375. The second-order valence-electron chi connectivity index (χ2n) is 8.65. The molecule has 9 heteroatoms. The van der Waals surface area contributed by atoms with E-state index in [1.165, 1.54) is 5.56 Å². The molecule has 3 aromatic rings. The Balaban J connectivity index is 0.000000968. The SMILES string of the molecule is CC(C)Oc1ccc(-c2noc(-c3ccc(CN4CCC(C)(N)C4)cc3)n2)cc1Cl.O=CO. The van der Waals surface area contributed by atoms with Gasteiger partial charge in [0.1, 0.15) is 5.75 Å². The molecule has 1 saturated heterocycles. The van der Waals surface area contributed by atoms with E-state index in [2.05, 4.69) is 34.1 Å². The molecule has 2 aromatic carbocycles. The van der Waals surface area contributed by atoms with Crippen molar-refractivity contribution in [3.05, 3.63) is 53.1 Å². The molecule has 1 unspecified atom stereocenters. The number of nitrogens with zero attached hydrogens (tertiary/aromatic N) is 3. The van der Waals surface area contributed by atoms with Gasteiger partial charge in [0.25, 0.3) is 12.4 Å². The van der Waals surface area contributed by atoms with Crippen LogP contribution in [0.4, 0.5) is 0 Å². The van der Waals surface area contributed by atoms with Gasteiger partial charge in [-0.3, -0.25) is 9.69 Å². The topological polar surface area (TPSA) is 115 Å². The second kappa shape index (κ2) is 10.8. The molecule has 1 aliphatic heterocycles. The molecular formula is C24H29ClN4O4. The largest absolute Gasteiger partial charge is 0.489 e. The Kier molecular flexibility index (Phi) is 8.07. The number of carbonyl (C=O) groups is 1. The third-order valence-electron chi connectivity index (χ3n) is 5.17. The molecule has 1 aliphatic rings. The average Bonchev–Trinajstić information content (AvgIpc) is 3.37. The lowest BCUT2D eigenvalue weighted by Gasteiger charge is -2.19. The third kappa shape index (κ3) is 6.77. The Bertz CT molecular complexity index is 1070. The highest BCUT2D eigenvalue weighted by Gasteiger charge is 2.29. The lowest BCUT2D eigenvalue weighted by molar-refractivity contribution is -0.122. The van der Waals surface area contributed by atoms with Crippen molar-refractivity contribution in [1.82, 2.24) is 15.0 Å². The predicted octanol–water partition coefficient (Wildman–Crippen LogP) is 4.47. The van der Waals surface area contributed by atoms with E-state index < -0.39 is 0 Å². The highest BCUT2D eigenvalue weighted by atomic mass is 35.5. The Morgan fingerprint density at radius 1 is 1.27 bits per heavy atom. The number of halogens is 1. The normalized spacial score (nSPS) is 18.1. The molecule has 8 nitrogen and oxygen atoms in total. The first kappa shape index (κ1) is 24.7. The number of likely N-dealkylation sites (tertiary alicyclic amines) is 1. The van der Waals surface area contributed by atoms with E-state index in [-0.39, 0.29) is 18.1 Å². The molecule has 0 amide bonds. The number of benzene rings is 2. The van der Waals surface area contributed by atoms with Crippen LogP contribution in [0.15, 0.2) is 47.0 Å². The van der Waals surface area contributed by atoms with Gasteiger partial charge in [-0.2, -0.15) is 4.98 Å².